The Kier molecular flexibility index (Phi) is 2.75. The van der Waals surface area contributed by atoms with Crippen molar-refractivity contribution in [3.8, 4) is 0 Å². The van der Waals surface area contributed by atoms with Gasteiger partial charge in [-0.1, -0.05) is 0 Å². The molecular weight excluding hydrogens is 286 g/mol. The van der Waals surface area contributed by atoms with Crippen LogP contribution in [0, 0.1) is 0 Å². The second-order valence-corrected chi connectivity index (χ2v) is 6.39. The SMILES string of the molecule is Brc1ccc(CN2Cc3cncnc3C2)s1. The first kappa shape index (κ1) is 10.4. The summed E-state index contributed by atoms with van der Waals surface area (Å²) in [5.74, 6) is 0. The molecule has 0 atom stereocenters. The van der Waals surface area contributed by atoms with E-state index in [1.165, 1.54) is 19.9 Å². The van der Waals surface area contributed by atoms with Gasteiger partial charge in [0.1, 0.15) is 6.33 Å². The maximum atomic E-state index is 4.30. The van der Waals surface area contributed by atoms with Gasteiger partial charge in [0.05, 0.1) is 9.48 Å². The highest BCUT2D eigenvalue weighted by Gasteiger charge is 2.20. The Morgan fingerprint density at radius 2 is 2.31 bits per heavy atom. The molecule has 2 aromatic rings. The first-order valence-electron chi connectivity index (χ1n) is 5.05. The first-order valence-corrected chi connectivity index (χ1v) is 6.66. The molecule has 3 rings (SSSR count). The largest absolute Gasteiger partial charge is 0.288 e. The Balaban J connectivity index is 1.72. The molecule has 0 bridgehead atoms. The zero-order chi connectivity index (χ0) is 11.0. The van der Waals surface area contributed by atoms with Gasteiger partial charge in [0.2, 0.25) is 0 Å². The van der Waals surface area contributed by atoms with E-state index in [1.54, 1.807) is 17.7 Å². The summed E-state index contributed by atoms with van der Waals surface area (Å²) in [5, 5.41) is 0. The van der Waals surface area contributed by atoms with E-state index in [1.807, 2.05) is 6.20 Å². The van der Waals surface area contributed by atoms with Gasteiger partial charge >= 0.3 is 0 Å². The molecule has 0 N–H and O–H groups in total. The van der Waals surface area contributed by atoms with Gasteiger partial charge in [0, 0.05) is 36.3 Å². The monoisotopic (exact) mass is 295 g/mol. The minimum Gasteiger partial charge on any atom is -0.288 e. The van der Waals surface area contributed by atoms with Crippen LogP contribution in [0.25, 0.3) is 0 Å². The summed E-state index contributed by atoms with van der Waals surface area (Å²) in [6.07, 6.45) is 3.55. The minimum absolute atomic E-state index is 0.938. The number of halogens is 1. The number of nitrogens with zero attached hydrogens (tertiary/aromatic N) is 3. The minimum atomic E-state index is 0.938. The number of rotatable bonds is 2. The topological polar surface area (TPSA) is 29.0 Å². The van der Waals surface area contributed by atoms with E-state index < -0.39 is 0 Å². The van der Waals surface area contributed by atoms with Gasteiger partial charge in [-0.25, -0.2) is 9.97 Å². The van der Waals surface area contributed by atoms with Crippen molar-refractivity contribution in [3.05, 3.63) is 44.6 Å². The first-order chi connectivity index (χ1) is 7.81. The van der Waals surface area contributed by atoms with Crippen LogP contribution in [-0.4, -0.2) is 14.9 Å². The third-order valence-electron chi connectivity index (χ3n) is 2.66. The van der Waals surface area contributed by atoms with Crippen molar-refractivity contribution in [1.82, 2.24) is 14.9 Å². The average molecular weight is 296 g/mol. The molecule has 0 aromatic carbocycles. The van der Waals surface area contributed by atoms with Crippen LogP contribution < -0.4 is 0 Å². The molecule has 0 fully saturated rings. The molecule has 0 saturated carbocycles. The molecule has 3 nitrogen and oxygen atoms in total. The van der Waals surface area contributed by atoms with E-state index in [9.17, 15) is 0 Å². The molecule has 0 amide bonds. The number of hydrogen-bond donors (Lipinski definition) is 0. The third kappa shape index (κ3) is 2.03. The molecule has 1 aliphatic heterocycles. The molecular formula is C11H10BrN3S. The van der Waals surface area contributed by atoms with Gasteiger partial charge in [0.25, 0.3) is 0 Å². The van der Waals surface area contributed by atoms with Crippen molar-refractivity contribution < 1.29 is 0 Å². The van der Waals surface area contributed by atoms with Gasteiger partial charge in [-0.05, 0) is 28.1 Å². The molecule has 0 spiro atoms. The Morgan fingerprint density at radius 3 is 3.06 bits per heavy atom. The zero-order valence-electron chi connectivity index (χ0n) is 8.56. The lowest BCUT2D eigenvalue weighted by Gasteiger charge is -2.12. The van der Waals surface area contributed by atoms with Crippen molar-refractivity contribution in [3.63, 3.8) is 0 Å². The van der Waals surface area contributed by atoms with Crippen molar-refractivity contribution in [1.29, 1.82) is 0 Å². The van der Waals surface area contributed by atoms with E-state index in [2.05, 4.69) is 42.9 Å². The molecule has 1 aliphatic rings. The molecule has 0 radical (unpaired) electrons. The van der Waals surface area contributed by atoms with Crippen molar-refractivity contribution in [2.24, 2.45) is 0 Å². The highest BCUT2D eigenvalue weighted by molar-refractivity contribution is 9.11. The fourth-order valence-electron chi connectivity index (χ4n) is 1.94. The number of thiophene rings is 1. The van der Waals surface area contributed by atoms with E-state index in [-0.39, 0.29) is 0 Å². The lowest BCUT2D eigenvalue weighted by molar-refractivity contribution is 0.276. The van der Waals surface area contributed by atoms with E-state index >= 15 is 0 Å². The summed E-state index contributed by atoms with van der Waals surface area (Å²) >= 11 is 5.28. The summed E-state index contributed by atoms with van der Waals surface area (Å²) in [5.41, 5.74) is 2.43. The van der Waals surface area contributed by atoms with Gasteiger partial charge in [-0.15, -0.1) is 11.3 Å². The van der Waals surface area contributed by atoms with Gasteiger partial charge in [-0.2, -0.15) is 0 Å². The quantitative estimate of drug-likeness (QED) is 0.853. The van der Waals surface area contributed by atoms with Gasteiger partial charge < -0.3 is 0 Å². The van der Waals surface area contributed by atoms with Crippen LogP contribution in [0.15, 0.2) is 28.4 Å². The Labute approximate surface area is 106 Å². The van der Waals surface area contributed by atoms with E-state index in [0.29, 0.717) is 0 Å². The van der Waals surface area contributed by atoms with Gasteiger partial charge in [0.15, 0.2) is 0 Å². The standard InChI is InChI=1S/C11H10BrN3S/c12-11-2-1-9(16-11)5-15-4-8-3-13-7-14-10(8)6-15/h1-3,7H,4-6H2. The molecule has 82 valence electrons. The summed E-state index contributed by atoms with van der Waals surface area (Å²) in [7, 11) is 0. The maximum Gasteiger partial charge on any atom is 0.115 e. The molecule has 0 saturated heterocycles. The van der Waals surface area contributed by atoms with Crippen LogP contribution >= 0.6 is 27.3 Å². The highest BCUT2D eigenvalue weighted by Crippen LogP contribution is 2.26. The number of aromatic nitrogens is 2. The number of fused-ring (bicyclic) bond motifs is 1. The van der Waals surface area contributed by atoms with Crippen LogP contribution in [0.5, 0.6) is 0 Å². The Bertz CT molecular complexity index is 486. The van der Waals surface area contributed by atoms with E-state index in [0.717, 1.165) is 19.6 Å². The fourth-order valence-corrected chi connectivity index (χ4v) is 3.46. The van der Waals surface area contributed by atoms with Gasteiger partial charge in [-0.3, -0.25) is 4.90 Å². The van der Waals surface area contributed by atoms with Crippen molar-refractivity contribution in [2.45, 2.75) is 19.6 Å². The Hall–Kier alpha value is -0.780. The second-order valence-electron chi connectivity index (χ2n) is 3.85. The molecule has 2 aromatic heterocycles. The van der Waals surface area contributed by atoms with Crippen LogP contribution in [-0.2, 0) is 19.6 Å². The number of hydrogen-bond acceptors (Lipinski definition) is 4. The fraction of sp³-hybridized carbons (Fsp3) is 0.273. The third-order valence-corrected chi connectivity index (χ3v) is 4.27. The van der Waals surface area contributed by atoms with Crippen LogP contribution in [0.1, 0.15) is 16.1 Å². The molecule has 5 heteroatoms. The zero-order valence-corrected chi connectivity index (χ0v) is 11.0. The Morgan fingerprint density at radius 1 is 1.38 bits per heavy atom. The average Bonchev–Trinajstić information content (AvgIpc) is 2.84. The van der Waals surface area contributed by atoms with Crippen molar-refractivity contribution in [2.75, 3.05) is 0 Å². The lowest BCUT2D eigenvalue weighted by atomic mass is 10.3. The maximum absolute atomic E-state index is 4.30. The smallest absolute Gasteiger partial charge is 0.115 e. The predicted molar refractivity (Wildman–Crippen MR) is 67.0 cm³/mol. The summed E-state index contributed by atoms with van der Waals surface area (Å²) < 4.78 is 1.19. The predicted octanol–water partition coefficient (Wildman–Crippen LogP) is 2.82. The lowest BCUT2D eigenvalue weighted by Crippen LogP contribution is -2.14. The second kappa shape index (κ2) is 4.24. The summed E-state index contributed by atoms with van der Waals surface area (Å²) in [6.45, 7) is 2.89. The molecule has 3 heterocycles. The summed E-state index contributed by atoms with van der Waals surface area (Å²) in [6, 6.07) is 4.27. The van der Waals surface area contributed by atoms with Crippen LogP contribution in [0.3, 0.4) is 0 Å². The van der Waals surface area contributed by atoms with E-state index in [4.69, 9.17) is 0 Å². The molecule has 0 unspecified atom stereocenters. The van der Waals surface area contributed by atoms with Crippen LogP contribution in [0.4, 0.5) is 0 Å². The van der Waals surface area contributed by atoms with Crippen molar-refractivity contribution >= 4 is 27.3 Å². The summed E-state index contributed by atoms with van der Waals surface area (Å²) in [4.78, 5) is 12.1. The molecule has 0 aliphatic carbocycles. The normalized spacial score (nSPS) is 15.3. The highest BCUT2D eigenvalue weighted by atomic mass is 79.9. The van der Waals surface area contributed by atoms with Crippen LogP contribution in [0.2, 0.25) is 0 Å². The molecule has 16 heavy (non-hydrogen) atoms.